The maximum atomic E-state index is 10.6. The molecule has 0 aliphatic rings. The maximum Gasteiger partial charge on any atom is 0.343 e. The van der Waals surface area contributed by atoms with E-state index in [1.54, 1.807) is 6.07 Å². The molecule has 2 aromatic rings. The molecule has 0 atom stereocenters. The smallest absolute Gasteiger partial charge is 0.257 e. The molecule has 6 heteroatoms. The Hall–Kier alpha value is -0.650. The van der Waals surface area contributed by atoms with E-state index < -0.39 is 4.92 Å². The van der Waals surface area contributed by atoms with Crippen molar-refractivity contribution in [1.29, 1.82) is 0 Å². The average Bonchev–Trinajstić information content (AvgIpc) is 2.44. The van der Waals surface area contributed by atoms with Gasteiger partial charge in [-0.25, -0.2) is 0 Å². The summed E-state index contributed by atoms with van der Waals surface area (Å²) in [5, 5.41) is 11.5. The number of hydrogen-bond donors (Lipinski definition) is 0. The third-order valence-corrected chi connectivity index (χ3v) is 3.85. The van der Waals surface area contributed by atoms with Gasteiger partial charge >= 0.3 is 5.00 Å². The van der Waals surface area contributed by atoms with Crippen molar-refractivity contribution >= 4 is 54.0 Å². The van der Waals surface area contributed by atoms with E-state index in [1.807, 2.05) is 12.1 Å². The van der Waals surface area contributed by atoms with Crippen LogP contribution in [0.4, 0.5) is 5.00 Å². The van der Waals surface area contributed by atoms with Gasteiger partial charge in [0.2, 0.25) is 0 Å². The molecule has 0 spiro atoms. The molecule has 0 aliphatic heterocycles. The number of halogens is 2. The lowest BCUT2D eigenvalue weighted by Crippen LogP contribution is -1.82. The molecule has 0 saturated heterocycles. The molecule has 0 unspecified atom stereocenters. The molecule has 0 saturated carbocycles. The number of rotatable bonds is 1. The monoisotopic (exact) mass is 291 g/mol. The van der Waals surface area contributed by atoms with Crippen molar-refractivity contribution in [1.82, 2.24) is 0 Å². The Morgan fingerprint density at radius 1 is 1.50 bits per heavy atom. The van der Waals surface area contributed by atoms with Crippen LogP contribution in [0, 0.1) is 10.1 Å². The predicted molar refractivity (Wildman–Crippen MR) is 61.2 cm³/mol. The fraction of sp³-hybridized carbons (Fsp3) is 0. The van der Waals surface area contributed by atoms with E-state index in [2.05, 4.69) is 15.9 Å². The fourth-order valence-corrected chi connectivity index (χ4v) is 2.79. The maximum absolute atomic E-state index is 10.6. The van der Waals surface area contributed by atoms with E-state index in [0.29, 0.717) is 0 Å². The fourth-order valence-electron chi connectivity index (χ4n) is 1.14. The molecular weight excluding hydrogens is 290 g/mol. The number of nitrogens with zero attached hydrogens (tertiary/aromatic N) is 1. The summed E-state index contributed by atoms with van der Waals surface area (Å²) in [5.41, 5.74) is 0. The van der Waals surface area contributed by atoms with Crippen LogP contribution in [-0.4, -0.2) is 4.92 Å². The summed E-state index contributed by atoms with van der Waals surface area (Å²) in [6.07, 6.45) is 0. The summed E-state index contributed by atoms with van der Waals surface area (Å²) in [6, 6.07) is 5.42. The normalized spacial score (nSPS) is 10.7. The molecule has 0 N–H and O–H groups in total. The minimum atomic E-state index is -0.457. The number of benzene rings is 1. The summed E-state index contributed by atoms with van der Waals surface area (Å²) < 4.78 is 1.68. The van der Waals surface area contributed by atoms with Gasteiger partial charge < -0.3 is 0 Å². The van der Waals surface area contributed by atoms with Crippen LogP contribution < -0.4 is 0 Å². The summed E-state index contributed by atoms with van der Waals surface area (Å²) >= 11 is 10.2. The van der Waals surface area contributed by atoms with E-state index >= 15 is 0 Å². The van der Waals surface area contributed by atoms with Gasteiger partial charge in [0.1, 0.15) is 5.02 Å². The van der Waals surface area contributed by atoms with E-state index in [9.17, 15) is 10.1 Å². The van der Waals surface area contributed by atoms with Crippen molar-refractivity contribution in [2.24, 2.45) is 0 Å². The lowest BCUT2D eigenvalue weighted by molar-refractivity contribution is -0.379. The standard InChI is InChI=1S/C8H3BrClNO2S/c9-4-1-2-6-5(3-4)7(10)8(14-6)11(12)13/h1-3H. The topological polar surface area (TPSA) is 43.1 Å². The number of hydrogen-bond acceptors (Lipinski definition) is 3. The number of nitro groups is 1. The van der Waals surface area contributed by atoms with Gasteiger partial charge in [-0.05, 0) is 18.2 Å². The molecule has 72 valence electrons. The molecular formula is C8H3BrClNO2S. The Morgan fingerprint density at radius 3 is 2.86 bits per heavy atom. The predicted octanol–water partition coefficient (Wildman–Crippen LogP) is 4.23. The van der Waals surface area contributed by atoms with Crippen LogP contribution in [0.1, 0.15) is 0 Å². The molecule has 2 rings (SSSR count). The summed E-state index contributed by atoms with van der Waals surface area (Å²) in [7, 11) is 0. The minimum Gasteiger partial charge on any atom is -0.257 e. The first-order valence-electron chi connectivity index (χ1n) is 3.61. The van der Waals surface area contributed by atoms with E-state index in [0.717, 1.165) is 25.9 Å². The number of fused-ring (bicyclic) bond motifs is 1. The molecule has 0 aliphatic carbocycles. The van der Waals surface area contributed by atoms with Gasteiger partial charge in [0.05, 0.1) is 4.92 Å². The molecule has 0 bridgehead atoms. The van der Waals surface area contributed by atoms with Gasteiger partial charge in [-0.15, -0.1) is 0 Å². The highest BCUT2D eigenvalue weighted by atomic mass is 79.9. The van der Waals surface area contributed by atoms with Crippen molar-refractivity contribution in [3.8, 4) is 0 Å². The van der Waals surface area contributed by atoms with Crippen molar-refractivity contribution in [3.63, 3.8) is 0 Å². The molecule has 14 heavy (non-hydrogen) atoms. The van der Waals surface area contributed by atoms with E-state index in [4.69, 9.17) is 11.6 Å². The SMILES string of the molecule is O=[N+]([O-])c1sc2ccc(Br)cc2c1Cl. The lowest BCUT2D eigenvalue weighted by Gasteiger charge is -1.89. The van der Waals surface area contributed by atoms with Gasteiger partial charge in [0.15, 0.2) is 0 Å². The zero-order chi connectivity index (χ0) is 10.3. The van der Waals surface area contributed by atoms with Crippen molar-refractivity contribution < 1.29 is 4.92 Å². The summed E-state index contributed by atoms with van der Waals surface area (Å²) in [5.74, 6) is 0. The second-order valence-electron chi connectivity index (χ2n) is 2.62. The van der Waals surface area contributed by atoms with Crippen LogP contribution in [0.5, 0.6) is 0 Å². The molecule has 0 radical (unpaired) electrons. The van der Waals surface area contributed by atoms with Crippen LogP contribution >= 0.6 is 38.9 Å². The van der Waals surface area contributed by atoms with Gasteiger partial charge in [-0.1, -0.05) is 38.9 Å². The molecule has 1 heterocycles. The van der Waals surface area contributed by atoms with Crippen LogP contribution in [0.15, 0.2) is 22.7 Å². The highest BCUT2D eigenvalue weighted by Gasteiger charge is 2.19. The van der Waals surface area contributed by atoms with Crippen LogP contribution in [-0.2, 0) is 0 Å². The Bertz CT molecular complexity index is 525. The van der Waals surface area contributed by atoms with Crippen molar-refractivity contribution in [3.05, 3.63) is 37.8 Å². The van der Waals surface area contributed by atoms with Crippen molar-refractivity contribution in [2.45, 2.75) is 0 Å². The van der Waals surface area contributed by atoms with Gasteiger partial charge in [-0.2, -0.15) is 0 Å². The summed E-state index contributed by atoms with van der Waals surface area (Å²) in [6.45, 7) is 0. The van der Waals surface area contributed by atoms with Gasteiger partial charge in [-0.3, -0.25) is 10.1 Å². The van der Waals surface area contributed by atoms with Gasteiger partial charge in [0.25, 0.3) is 0 Å². The molecule has 1 aromatic carbocycles. The average molecular weight is 293 g/mol. The molecule has 1 aromatic heterocycles. The second-order valence-corrected chi connectivity index (χ2v) is 4.94. The zero-order valence-corrected chi connectivity index (χ0v) is 9.82. The zero-order valence-electron chi connectivity index (χ0n) is 6.66. The van der Waals surface area contributed by atoms with Crippen molar-refractivity contribution in [2.75, 3.05) is 0 Å². The Labute approximate surface area is 96.6 Å². The van der Waals surface area contributed by atoms with Crippen LogP contribution in [0.3, 0.4) is 0 Å². The van der Waals surface area contributed by atoms with Crippen LogP contribution in [0.2, 0.25) is 5.02 Å². The summed E-state index contributed by atoms with van der Waals surface area (Å²) in [4.78, 5) is 10.1. The minimum absolute atomic E-state index is 0.000216. The first-order chi connectivity index (χ1) is 6.59. The third-order valence-electron chi connectivity index (χ3n) is 1.74. The van der Waals surface area contributed by atoms with E-state index in [1.165, 1.54) is 0 Å². The van der Waals surface area contributed by atoms with Gasteiger partial charge in [0, 0.05) is 14.6 Å². The van der Waals surface area contributed by atoms with E-state index in [-0.39, 0.29) is 10.0 Å². The molecule has 3 nitrogen and oxygen atoms in total. The van der Waals surface area contributed by atoms with Crippen LogP contribution in [0.25, 0.3) is 10.1 Å². The third kappa shape index (κ3) is 1.51. The highest BCUT2D eigenvalue weighted by Crippen LogP contribution is 2.41. The number of thiophene rings is 1. The Kier molecular flexibility index (Phi) is 2.47. The lowest BCUT2D eigenvalue weighted by atomic mass is 10.3. The molecule has 0 fully saturated rings. The molecule has 0 amide bonds. The first kappa shape index (κ1) is 9.89. The largest absolute Gasteiger partial charge is 0.343 e. The highest BCUT2D eigenvalue weighted by molar-refractivity contribution is 9.10. The Balaban J connectivity index is 2.80. The second kappa shape index (κ2) is 3.49. The first-order valence-corrected chi connectivity index (χ1v) is 5.60. The quantitative estimate of drug-likeness (QED) is 0.583. The Morgan fingerprint density at radius 2 is 2.21 bits per heavy atom.